The van der Waals surface area contributed by atoms with E-state index < -0.39 is 31.0 Å². The normalized spacial score (nSPS) is 11.2. The summed E-state index contributed by atoms with van der Waals surface area (Å²) in [5.74, 6) is -1.87. The van der Waals surface area contributed by atoms with Crippen molar-refractivity contribution in [1.29, 1.82) is 0 Å². The van der Waals surface area contributed by atoms with E-state index in [1.54, 1.807) is 0 Å². The van der Waals surface area contributed by atoms with Gasteiger partial charge in [0.2, 0.25) is 0 Å². The minimum Gasteiger partial charge on any atom is -0.478 e. The molecule has 0 aliphatic rings. The zero-order chi connectivity index (χ0) is 15.5. The summed E-state index contributed by atoms with van der Waals surface area (Å²) < 4.78 is 36.2. The smallest absolute Gasteiger partial charge is 0.390 e. The van der Waals surface area contributed by atoms with Gasteiger partial charge < -0.3 is 10.0 Å². The number of halogens is 3. The van der Waals surface area contributed by atoms with E-state index in [2.05, 4.69) is 4.98 Å². The Hall–Kier alpha value is -2.12. The first-order valence-corrected chi connectivity index (χ1v) is 5.65. The monoisotopic (exact) mass is 290 g/mol. The van der Waals surface area contributed by atoms with Gasteiger partial charge in [-0.25, -0.2) is 9.78 Å². The molecule has 1 N–H and O–H groups in total. The Kier molecular flexibility index (Phi) is 4.69. The molecule has 0 aliphatic heterocycles. The SMILES string of the molecule is Cc1nc(C(=O)N(C)CCC(F)(F)F)ccc1C(=O)O. The molecular weight excluding hydrogens is 277 g/mol. The molecule has 20 heavy (non-hydrogen) atoms. The van der Waals surface area contributed by atoms with Crippen molar-refractivity contribution in [2.75, 3.05) is 13.6 Å². The van der Waals surface area contributed by atoms with Crippen LogP contribution in [0.4, 0.5) is 13.2 Å². The van der Waals surface area contributed by atoms with Crippen LogP contribution in [-0.2, 0) is 0 Å². The number of carbonyl (C=O) groups excluding carboxylic acids is 1. The molecule has 1 aromatic rings. The van der Waals surface area contributed by atoms with Crippen LogP contribution in [0.15, 0.2) is 12.1 Å². The lowest BCUT2D eigenvalue weighted by Crippen LogP contribution is -2.31. The fourth-order valence-corrected chi connectivity index (χ4v) is 1.50. The van der Waals surface area contributed by atoms with Crippen LogP contribution >= 0.6 is 0 Å². The second-order valence-electron chi connectivity index (χ2n) is 4.23. The molecule has 0 atom stereocenters. The van der Waals surface area contributed by atoms with Crippen LogP contribution in [0.25, 0.3) is 0 Å². The Balaban J connectivity index is 2.82. The zero-order valence-electron chi connectivity index (χ0n) is 10.9. The highest BCUT2D eigenvalue weighted by Crippen LogP contribution is 2.20. The first-order chi connectivity index (χ1) is 9.11. The largest absolute Gasteiger partial charge is 0.478 e. The lowest BCUT2D eigenvalue weighted by atomic mass is 10.2. The van der Waals surface area contributed by atoms with Gasteiger partial charge in [0.25, 0.3) is 5.91 Å². The molecule has 0 aromatic carbocycles. The van der Waals surface area contributed by atoms with Crippen molar-refractivity contribution in [2.45, 2.75) is 19.5 Å². The molecule has 0 saturated carbocycles. The van der Waals surface area contributed by atoms with Crippen molar-refractivity contribution in [3.05, 3.63) is 29.1 Å². The summed E-state index contributed by atoms with van der Waals surface area (Å²) in [7, 11) is 1.23. The Morgan fingerprint density at radius 1 is 1.35 bits per heavy atom. The zero-order valence-corrected chi connectivity index (χ0v) is 10.9. The first kappa shape index (κ1) is 15.9. The van der Waals surface area contributed by atoms with Crippen LogP contribution in [0, 0.1) is 6.92 Å². The number of nitrogens with zero attached hydrogens (tertiary/aromatic N) is 2. The number of aromatic nitrogens is 1. The molecular formula is C12H13F3N2O3. The van der Waals surface area contributed by atoms with Crippen LogP contribution in [0.3, 0.4) is 0 Å². The summed E-state index contributed by atoms with van der Waals surface area (Å²) in [4.78, 5) is 27.3. The van der Waals surface area contributed by atoms with E-state index in [9.17, 15) is 22.8 Å². The summed E-state index contributed by atoms with van der Waals surface area (Å²) >= 11 is 0. The fraction of sp³-hybridized carbons (Fsp3) is 0.417. The summed E-state index contributed by atoms with van der Waals surface area (Å²) in [6, 6.07) is 2.39. The molecule has 0 aliphatic carbocycles. The molecule has 1 rings (SSSR count). The van der Waals surface area contributed by atoms with E-state index >= 15 is 0 Å². The summed E-state index contributed by atoms with van der Waals surface area (Å²) in [5, 5.41) is 8.82. The third kappa shape index (κ3) is 4.22. The van der Waals surface area contributed by atoms with E-state index in [1.807, 2.05) is 0 Å². The molecule has 0 spiro atoms. The van der Waals surface area contributed by atoms with Crippen molar-refractivity contribution in [1.82, 2.24) is 9.88 Å². The minimum atomic E-state index is -4.34. The van der Waals surface area contributed by atoms with Gasteiger partial charge in [-0.2, -0.15) is 13.2 Å². The van der Waals surface area contributed by atoms with Gasteiger partial charge in [-0.3, -0.25) is 4.79 Å². The number of rotatable bonds is 4. The number of aryl methyl sites for hydroxylation is 1. The van der Waals surface area contributed by atoms with E-state index in [1.165, 1.54) is 26.1 Å². The van der Waals surface area contributed by atoms with E-state index in [0.717, 1.165) is 4.90 Å². The standard InChI is InChI=1S/C12H13F3N2O3/c1-7-8(11(19)20)3-4-9(16-7)10(18)17(2)6-5-12(13,14)15/h3-4H,5-6H2,1-2H3,(H,19,20). The Morgan fingerprint density at radius 3 is 2.40 bits per heavy atom. The average molecular weight is 290 g/mol. The molecule has 110 valence electrons. The number of carboxylic acid groups (broad SMARTS) is 1. The lowest BCUT2D eigenvalue weighted by molar-refractivity contribution is -0.136. The fourth-order valence-electron chi connectivity index (χ4n) is 1.50. The van der Waals surface area contributed by atoms with Crippen LogP contribution in [0.5, 0.6) is 0 Å². The maximum atomic E-state index is 12.1. The Morgan fingerprint density at radius 2 is 1.95 bits per heavy atom. The van der Waals surface area contributed by atoms with Crippen molar-refractivity contribution in [3.8, 4) is 0 Å². The maximum Gasteiger partial charge on any atom is 0.390 e. The Labute approximate surface area is 113 Å². The number of carboxylic acids is 1. The number of alkyl halides is 3. The molecule has 8 heteroatoms. The van der Waals surface area contributed by atoms with Gasteiger partial charge in [-0.05, 0) is 19.1 Å². The predicted molar refractivity (Wildman–Crippen MR) is 63.6 cm³/mol. The number of hydrogen-bond acceptors (Lipinski definition) is 3. The lowest BCUT2D eigenvalue weighted by Gasteiger charge is -2.18. The second kappa shape index (κ2) is 5.89. The topological polar surface area (TPSA) is 70.5 Å². The van der Waals surface area contributed by atoms with Gasteiger partial charge in [-0.1, -0.05) is 0 Å². The highest BCUT2D eigenvalue weighted by Gasteiger charge is 2.28. The van der Waals surface area contributed by atoms with Crippen molar-refractivity contribution < 1.29 is 27.9 Å². The maximum absolute atomic E-state index is 12.1. The van der Waals surface area contributed by atoms with Crippen LogP contribution in [-0.4, -0.2) is 46.6 Å². The second-order valence-corrected chi connectivity index (χ2v) is 4.23. The molecule has 1 amide bonds. The van der Waals surface area contributed by atoms with Gasteiger partial charge in [0.15, 0.2) is 0 Å². The molecule has 0 radical (unpaired) electrons. The van der Waals surface area contributed by atoms with E-state index in [-0.39, 0.29) is 17.0 Å². The van der Waals surface area contributed by atoms with Crippen LogP contribution in [0.2, 0.25) is 0 Å². The molecule has 0 unspecified atom stereocenters. The van der Waals surface area contributed by atoms with Gasteiger partial charge in [0.05, 0.1) is 17.7 Å². The van der Waals surface area contributed by atoms with Crippen LogP contribution < -0.4 is 0 Å². The molecule has 5 nitrogen and oxygen atoms in total. The summed E-state index contributed by atoms with van der Waals surface area (Å²) in [6.07, 6.45) is -5.45. The number of aromatic carboxylic acids is 1. The third-order valence-corrected chi connectivity index (χ3v) is 2.61. The minimum absolute atomic E-state index is 0.0560. The number of carbonyl (C=O) groups is 2. The molecule has 0 saturated heterocycles. The van der Waals surface area contributed by atoms with Crippen molar-refractivity contribution in [2.24, 2.45) is 0 Å². The Bertz CT molecular complexity index is 529. The summed E-state index contributed by atoms with van der Waals surface area (Å²) in [6.45, 7) is 0.930. The van der Waals surface area contributed by atoms with Gasteiger partial charge in [0, 0.05) is 13.6 Å². The van der Waals surface area contributed by atoms with Gasteiger partial charge in [-0.15, -0.1) is 0 Å². The highest BCUT2D eigenvalue weighted by atomic mass is 19.4. The predicted octanol–water partition coefficient (Wildman–Crippen LogP) is 2.11. The number of amides is 1. The average Bonchev–Trinajstić information content (AvgIpc) is 2.33. The molecule has 0 fully saturated rings. The molecule has 1 heterocycles. The molecule has 1 aromatic heterocycles. The third-order valence-electron chi connectivity index (χ3n) is 2.61. The number of hydrogen-bond donors (Lipinski definition) is 1. The molecule has 0 bridgehead atoms. The van der Waals surface area contributed by atoms with Gasteiger partial charge in [0.1, 0.15) is 5.69 Å². The van der Waals surface area contributed by atoms with Crippen LogP contribution in [0.1, 0.15) is 33.0 Å². The van der Waals surface area contributed by atoms with Gasteiger partial charge >= 0.3 is 12.1 Å². The quantitative estimate of drug-likeness (QED) is 0.922. The van der Waals surface area contributed by atoms with Crippen molar-refractivity contribution >= 4 is 11.9 Å². The van der Waals surface area contributed by atoms with E-state index in [4.69, 9.17) is 5.11 Å². The van der Waals surface area contributed by atoms with Crippen molar-refractivity contribution in [3.63, 3.8) is 0 Å². The number of pyridine rings is 1. The van der Waals surface area contributed by atoms with E-state index in [0.29, 0.717) is 0 Å². The highest BCUT2D eigenvalue weighted by molar-refractivity contribution is 5.94. The first-order valence-electron chi connectivity index (χ1n) is 5.65. The summed E-state index contributed by atoms with van der Waals surface area (Å²) in [5.41, 5.74) is -0.00996.